The van der Waals surface area contributed by atoms with Crippen molar-refractivity contribution in [3.63, 3.8) is 0 Å². The van der Waals surface area contributed by atoms with E-state index < -0.39 is 15.4 Å². The number of hydrogen-bond donors (Lipinski definition) is 1. The number of sulfone groups is 1. The zero-order valence-electron chi connectivity index (χ0n) is 12.4. The van der Waals surface area contributed by atoms with E-state index in [1.807, 2.05) is 13.8 Å². The van der Waals surface area contributed by atoms with Crippen LogP contribution < -0.4 is 5.32 Å². The minimum absolute atomic E-state index is 0.123. The van der Waals surface area contributed by atoms with Crippen LogP contribution in [0.2, 0.25) is 0 Å². The number of carbonyl (C=O) groups is 1. The fourth-order valence-electron chi connectivity index (χ4n) is 1.57. The minimum atomic E-state index is -2.95. The molecule has 0 aromatic heterocycles. The third kappa shape index (κ3) is 8.49. The second kappa shape index (κ2) is 8.11. The number of carbonyl (C=O) groups excluding carboxylic acids is 1. The first kappa shape index (κ1) is 18.7. The summed E-state index contributed by atoms with van der Waals surface area (Å²) in [6.45, 7) is 7.81. The Labute approximate surface area is 120 Å². The van der Waals surface area contributed by atoms with E-state index in [0.717, 1.165) is 0 Å². The topological polar surface area (TPSA) is 72.5 Å². The lowest BCUT2D eigenvalue weighted by Crippen LogP contribution is -2.55. The molecule has 0 aliphatic heterocycles. The number of nitrogens with one attached hydrogen (secondary N) is 1. The van der Waals surface area contributed by atoms with E-state index in [9.17, 15) is 13.2 Å². The van der Waals surface area contributed by atoms with Crippen LogP contribution in [0.15, 0.2) is 0 Å². The average molecular weight is 311 g/mol. The molecular weight excluding hydrogens is 286 g/mol. The number of hydrogen-bond acceptors (Lipinski definition) is 6. The maximum atomic E-state index is 12.0. The molecular formula is C12H25NO4S2. The lowest BCUT2D eigenvalue weighted by molar-refractivity contribution is -0.149. The second-order valence-corrected chi connectivity index (χ2v) is 8.40. The molecule has 0 rings (SSSR count). The fraction of sp³-hybridized carbons (Fsp3) is 0.917. The van der Waals surface area contributed by atoms with Crippen LogP contribution in [0, 0.1) is 0 Å². The van der Waals surface area contributed by atoms with Crippen LogP contribution in [0.1, 0.15) is 27.7 Å². The average Bonchev–Trinajstić information content (AvgIpc) is 2.22. The molecule has 114 valence electrons. The Hall–Kier alpha value is -0.270. The van der Waals surface area contributed by atoms with Crippen molar-refractivity contribution in [3.8, 4) is 0 Å². The summed E-state index contributed by atoms with van der Waals surface area (Å²) >= 11 is 1.44. The summed E-state index contributed by atoms with van der Waals surface area (Å²) in [6.07, 6.45) is 1.21. The third-order valence-corrected chi connectivity index (χ3v) is 4.80. The van der Waals surface area contributed by atoms with Gasteiger partial charge in [-0.2, -0.15) is 11.8 Å². The van der Waals surface area contributed by atoms with E-state index in [1.165, 1.54) is 18.0 Å². The number of thioether (sulfide) groups is 1. The molecule has 1 atom stereocenters. The Morgan fingerprint density at radius 2 is 2.00 bits per heavy atom. The van der Waals surface area contributed by atoms with Crippen LogP contribution in [0.25, 0.3) is 0 Å². The summed E-state index contributed by atoms with van der Waals surface area (Å²) in [7, 11) is -2.95. The molecule has 0 bridgehead atoms. The van der Waals surface area contributed by atoms with Crippen molar-refractivity contribution < 1.29 is 17.9 Å². The summed E-state index contributed by atoms with van der Waals surface area (Å²) in [5.74, 6) is 0.793. The van der Waals surface area contributed by atoms with E-state index >= 15 is 0 Å². The smallest absolute Gasteiger partial charge is 0.326 e. The highest BCUT2D eigenvalue weighted by Gasteiger charge is 2.35. The molecule has 5 nitrogen and oxygen atoms in total. The standard InChI is InChI=1S/C12H25NO4S2/c1-6-17-11(14)12(4,13-10(2)3)9-18-7-8-19(5,15)16/h10,13H,6-9H2,1-5H3. The van der Waals surface area contributed by atoms with Crippen LogP contribution in [0.4, 0.5) is 0 Å². The molecule has 0 aromatic rings. The van der Waals surface area contributed by atoms with Gasteiger partial charge in [0, 0.05) is 23.8 Å². The van der Waals surface area contributed by atoms with Gasteiger partial charge in [-0.25, -0.2) is 8.42 Å². The molecule has 1 N–H and O–H groups in total. The zero-order valence-corrected chi connectivity index (χ0v) is 14.0. The van der Waals surface area contributed by atoms with Gasteiger partial charge in [-0.05, 0) is 27.7 Å². The molecule has 0 aliphatic rings. The third-order valence-electron chi connectivity index (χ3n) is 2.32. The Morgan fingerprint density at radius 3 is 2.42 bits per heavy atom. The lowest BCUT2D eigenvalue weighted by atomic mass is 10.0. The number of ether oxygens (including phenoxy) is 1. The molecule has 0 spiro atoms. The summed E-state index contributed by atoms with van der Waals surface area (Å²) in [6, 6.07) is 0.143. The molecule has 0 heterocycles. The van der Waals surface area contributed by atoms with E-state index in [2.05, 4.69) is 5.32 Å². The van der Waals surface area contributed by atoms with Gasteiger partial charge in [0.05, 0.1) is 12.4 Å². The number of rotatable bonds is 9. The van der Waals surface area contributed by atoms with Gasteiger partial charge in [-0.3, -0.25) is 10.1 Å². The summed E-state index contributed by atoms with van der Waals surface area (Å²) in [5, 5.41) is 3.19. The largest absolute Gasteiger partial charge is 0.465 e. The highest BCUT2D eigenvalue weighted by Crippen LogP contribution is 2.16. The van der Waals surface area contributed by atoms with E-state index in [4.69, 9.17) is 4.74 Å². The first-order valence-electron chi connectivity index (χ1n) is 6.31. The summed E-state index contributed by atoms with van der Waals surface area (Å²) in [4.78, 5) is 12.0. The Balaban J connectivity index is 4.47. The quantitative estimate of drug-likeness (QED) is 0.507. The van der Waals surface area contributed by atoms with Crippen LogP contribution in [-0.4, -0.2) is 56.1 Å². The maximum absolute atomic E-state index is 12.0. The van der Waals surface area contributed by atoms with Gasteiger partial charge in [-0.1, -0.05) is 0 Å². The Bertz CT molecular complexity index is 381. The lowest BCUT2D eigenvalue weighted by Gasteiger charge is -2.30. The van der Waals surface area contributed by atoms with Crippen LogP contribution in [0.3, 0.4) is 0 Å². The van der Waals surface area contributed by atoms with Crippen LogP contribution in [-0.2, 0) is 19.4 Å². The van der Waals surface area contributed by atoms with Crippen molar-refractivity contribution in [3.05, 3.63) is 0 Å². The number of esters is 1. The summed E-state index contributed by atoms with van der Waals surface area (Å²) in [5.41, 5.74) is -0.785. The molecule has 1 unspecified atom stereocenters. The molecule has 0 aliphatic carbocycles. The normalized spacial score (nSPS) is 15.3. The van der Waals surface area contributed by atoms with E-state index in [1.54, 1.807) is 13.8 Å². The van der Waals surface area contributed by atoms with Crippen molar-refractivity contribution in [2.24, 2.45) is 0 Å². The van der Waals surface area contributed by atoms with E-state index in [0.29, 0.717) is 18.1 Å². The van der Waals surface area contributed by atoms with Crippen molar-refractivity contribution in [2.45, 2.75) is 39.3 Å². The van der Waals surface area contributed by atoms with Gasteiger partial charge in [-0.15, -0.1) is 0 Å². The molecule has 0 saturated heterocycles. The monoisotopic (exact) mass is 311 g/mol. The molecule has 0 aromatic carbocycles. The highest BCUT2D eigenvalue weighted by atomic mass is 32.2. The van der Waals surface area contributed by atoms with Gasteiger partial charge in [0.15, 0.2) is 0 Å². The highest BCUT2D eigenvalue weighted by molar-refractivity contribution is 8.00. The summed E-state index contributed by atoms with van der Waals surface area (Å²) < 4.78 is 27.2. The van der Waals surface area contributed by atoms with Crippen molar-refractivity contribution >= 4 is 27.6 Å². The molecule has 0 fully saturated rings. The predicted molar refractivity (Wildman–Crippen MR) is 80.3 cm³/mol. The van der Waals surface area contributed by atoms with Crippen molar-refractivity contribution in [1.29, 1.82) is 0 Å². The van der Waals surface area contributed by atoms with E-state index in [-0.39, 0.29) is 17.8 Å². The molecule has 0 amide bonds. The fourth-order valence-corrected chi connectivity index (χ4v) is 4.01. The molecule has 19 heavy (non-hydrogen) atoms. The van der Waals surface area contributed by atoms with Crippen molar-refractivity contribution in [1.82, 2.24) is 5.32 Å². The predicted octanol–water partition coefficient (Wildman–Crippen LogP) is 1.08. The van der Waals surface area contributed by atoms with Gasteiger partial charge >= 0.3 is 5.97 Å². The SMILES string of the molecule is CCOC(=O)C(C)(CSCCS(C)(=O)=O)NC(C)C. The van der Waals surface area contributed by atoms with Gasteiger partial charge in [0.25, 0.3) is 0 Å². The zero-order chi connectivity index (χ0) is 15.1. The molecule has 0 saturated carbocycles. The second-order valence-electron chi connectivity index (χ2n) is 5.03. The van der Waals surface area contributed by atoms with Gasteiger partial charge in [0.2, 0.25) is 0 Å². The first-order chi connectivity index (χ1) is 8.60. The minimum Gasteiger partial charge on any atom is -0.465 e. The maximum Gasteiger partial charge on any atom is 0.326 e. The van der Waals surface area contributed by atoms with Gasteiger partial charge in [0.1, 0.15) is 15.4 Å². The molecule has 0 radical (unpaired) electrons. The van der Waals surface area contributed by atoms with Crippen molar-refractivity contribution in [2.75, 3.05) is 30.1 Å². The van der Waals surface area contributed by atoms with Crippen LogP contribution >= 0.6 is 11.8 Å². The first-order valence-corrected chi connectivity index (χ1v) is 9.52. The molecule has 7 heteroatoms. The van der Waals surface area contributed by atoms with Gasteiger partial charge < -0.3 is 4.74 Å². The Morgan fingerprint density at radius 1 is 1.42 bits per heavy atom. The van der Waals surface area contributed by atoms with Crippen LogP contribution in [0.5, 0.6) is 0 Å². The Kier molecular flexibility index (Phi) is 8.00.